The second kappa shape index (κ2) is 8.96. The van der Waals surface area contributed by atoms with Crippen molar-refractivity contribution in [2.75, 3.05) is 26.2 Å². The maximum atomic E-state index is 13.1. The molecular formula is C24H29N3O3. The predicted octanol–water partition coefficient (Wildman–Crippen LogP) is 2.27. The normalized spacial score (nSPS) is 21.1. The van der Waals surface area contributed by atoms with Crippen LogP contribution < -0.4 is 0 Å². The highest BCUT2D eigenvalue weighted by Gasteiger charge is 2.40. The summed E-state index contributed by atoms with van der Waals surface area (Å²) in [6, 6.07) is 14.0. The molecule has 6 heteroatoms. The van der Waals surface area contributed by atoms with E-state index in [1.165, 1.54) is 5.56 Å². The number of carbonyl (C=O) groups is 2. The maximum absolute atomic E-state index is 13.1. The van der Waals surface area contributed by atoms with E-state index >= 15 is 0 Å². The average molecular weight is 408 g/mol. The van der Waals surface area contributed by atoms with Gasteiger partial charge in [0.1, 0.15) is 0 Å². The monoisotopic (exact) mass is 407 g/mol. The number of nitrogens with zero attached hydrogens (tertiary/aromatic N) is 3. The summed E-state index contributed by atoms with van der Waals surface area (Å²) in [6.07, 6.45) is 6.12. The number of piperidine rings is 1. The van der Waals surface area contributed by atoms with Gasteiger partial charge in [-0.25, -0.2) is 0 Å². The molecule has 2 fully saturated rings. The van der Waals surface area contributed by atoms with E-state index < -0.39 is 0 Å². The second-order valence-electron chi connectivity index (χ2n) is 8.68. The molecule has 1 N–H and O–H groups in total. The molecule has 6 nitrogen and oxygen atoms in total. The number of benzene rings is 1. The van der Waals surface area contributed by atoms with E-state index in [4.69, 9.17) is 0 Å². The van der Waals surface area contributed by atoms with E-state index in [9.17, 15) is 14.7 Å². The molecule has 2 saturated heterocycles. The van der Waals surface area contributed by atoms with Crippen molar-refractivity contribution in [1.29, 1.82) is 0 Å². The SMILES string of the molecule is O=C1C[C@@H](C(=O)N2CCC(CO)(Cc3ccccc3)CC2)CN1Cc1ccncc1. The first-order valence-corrected chi connectivity index (χ1v) is 10.7. The van der Waals surface area contributed by atoms with Gasteiger partial charge in [0.05, 0.1) is 5.92 Å². The number of carbonyl (C=O) groups excluding carboxylic acids is 2. The fraction of sp³-hybridized carbons (Fsp3) is 0.458. The lowest BCUT2D eigenvalue weighted by Gasteiger charge is -2.41. The fourth-order valence-corrected chi connectivity index (χ4v) is 4.68. The molecule has 1 aromatic carbocycles. The quantitative estimate of drug-likeness (QED) is 0.797. The molecule has 0 saturated carbocycles. The van der Waals surface area contributed by atoms with Gasteiger partial charge >= 0.3 is 0 Å². The molecule has 4 rings (SSSR count). The van der Waals surface area contributed by atoms with Gasteiger partial charge in [-0.1, -0.05) is 30.3 Å². The average Bonchev–Trinajstić information content (AvgIpc) is 3.15. The van der Waals surface area contributed by atoms with Crippen LogP contribution in [0.4, 0.5) is 0 Å². The Hall–Kier alpha value is -2.73. The van der Waals surface area contributed by atoms with Crippen molar-refractivity contribution in [1.82, 2.24) is 14.8 Å². The topological polar surface area (TPSA) is 73.7 Å². The molecule has 1 aromatic heterocycles. The first kappa shape index (κ1) is 20.5. The van der Waals surface area contributed by atoms with E-state index in [-0.39, 0.29) is 36.2 Å². The van der Waals surface area contributed by atoms with Gasteiger partial charge < -0.3 is 14.9 Å². The summed E-state index contributed by atoms with van der Waals surface area (Å²) in [6.45, 7) is 2.41. The number of aliphatic hydroxyl groups is 1. The molecule has 2 amide bonds. The number of rotatable bonds is 6. The standard InChI is InChI=1S/C24H29N3O3/c28-18-24(15-19-4-2-1-3-5-19)8-12-26(13-9-24)23(30)21-14-22(29)27(17-21)16-20-6-10-25-11-7-20/h1-7,10-11,21,28H,8-9,12-18H2/t21-/m1/s1. The van der Waals surface area contributed by atoms with Crippen molar-refractivity contribution in [2.24, 2.45) is 11.3 Å². The molecule has 0 spiro atoms. The van der Waals surface area contributed by atoms with E-state index in [2.05, 4.69) is 17.1 Å². The fourth-order valence-electron chi connectivity index (χ4n) is 4.68. The Morgan fingerprint density at radius 2 is 1.77 bits per heavy atom. The van der Waals surface area contributed by atoms with Crippen LogP contribution in [0, 0.1) is 11.3 Å². The molecule has 158 valence electrons. The van der Waals surface area contributed by atoms with Gasteiger partial charge in [-0.3, -0.25) is 14.6 Å². The van der Waals surface area contributed by atoms with Crippen molar-refractivity contribution >= 4 is 11.8 Å². The highest BCUT2D eigenvalue weighted by atomic mass is 16.3. The Morgan fingerprint density at radius 1 is 1.07 bits per heavy atom. The van der Waals surface area contributed by atoms with Crippen LogP contribution in [-0.2, 0) is 22.6 Å². The lowest BCUT2D eigenvalue weighted by Crippen LogP contribution is -2.47. The molecule has 1 atom stereocenters. The van der Waals surface area contributed by atoms with Crippen LogP contribution in [0.25, 0.3) is 0 Å². The Kier molecular flexibility index (Phi) is 6.13. The Morgan fingerprint density at radius 3 is 2.43 bits per heavy atom. The summed E-state index contributed by atoms with van der Waals surface area (Å²) in [4.78, 5) is 33.2. The van der Waals surface area contributed by atoms with Gasteiger partial charge in [-0.05, 0) is 42.5 Å². The highest BCUT2D eigenvalue weighted by Crippen LogP contribution is 2.35. The molecule has 2 aromatic rings. The molecular weight excluding hydrogens is 378 g/mol. The third-order valence-corrected chi connectivity index (χ3v) is 6.58. The lowest BCUT2D eigenvalue weighted by atomic mass is 9.74. The number of amides is 2. The van der Waals surface area contributed by atoms with Gasteiger partial charge in [-0.15, -0.1) is 0 Å². The van der Waals surface area contributed by atoms with E-state index in [0.717, 1.165) is 24.8 Å². The van der Waals surface area contributed by atoms with Gasteiger partial charge in [0.15, 0.2) is 0 Å². The Balaban J connectivity index is 1.33. The number of hydrogen-bond acceptors (Lipinski definition) is 4. The lowest BCUT2D eigenvalue weighted by molar-refractivity contribution is -0.138. The van der Waals surface area contributed by atoms with Gasteiger partial charge in [-0.2, -0.15) is 0 Å². The summed E-state index contributed by atoms with van der Waals surface area (Å²) in [5.41, 5.74) is 2.08. The molecule has 0 aliphatic carbocycles. The minimum Gasteiger partial charge on any atom is -0.396 e. The third-order valence-electron chi connectivity index (χ3n) is 6.58. The summed E-state index contributed by atoms with van der Waals surface area (Å²) in [5, 5.41) is 10.1. The van der Waals surface area contributed by atoms with Crippen LogP contribution in [0.15, 0.2) is 54.9 Å². The molecule has 0 bridgehead atoms. The number of aliphatic hydroxyl groups excluding tert-OH is 1. The highest BCUT2D eigenvalue weighted by molar-refractivity contribution is 5.89. The number of likely N-dealkylation sites (tertiary alicyclic amines) is 2. The molecule has 30 heavy (non-hydrogen) atoms. The molecule has 2 aliphatic rings. The van der Waals surface area contributed by atoms with E-state index in [0.29, 0.717) is 26.2 Å². The van der Waals surface area contributed by atoms with Crippen molar-refractivity contribution in [3.63, 3.8) is 0 Å². The number of pyridine rings is 1. The molecule has 0 radical (unpaired) electrons. The van der Waals surface area contributed by atoms with Crippen LogP contribution in [0.5, 0.6) is 0 Å². The van der Waals surface area contributed by atoms with Crippen LogP contribution >= 0.6 is 0 Å². The van der Waals surface area contributed by atoms with Gasteiger partial charge in [0, 0.05) is 57.0 Å². The summed E-state index contributed by atoms with van der Waals surface area (Å²) >= 11 is 0. The second-order valence-corrected chi connectivity index (χ2v) is 8.68. The molecule has 3 heterocycles. The summed E-state index contributed by atoms with van der Waals surface area (Å²) in [7, 11) is 0. The van der Waals surface area contributed by atoms with Gasteiger partial charge in [0.25, 0.3) is 0 Å². The predicted molar refractivity (Wildman–Crippen MR) is 113 cm³/mol. The van der Waals surface area contributed by atoms with Crippen LogP contribution in [-0.4, -0.2) is 57.9 Å². The summed E-state index contributed by atoms with van der Waals surface area (Å²) in [5.74, 6) is -0.155. The van der Waals surface area contributed by atoms with Crippen molar-refractivity contribution in [3.8, 4) is 0 Å². The first-order chi connectivity index (χ1) is 14.6. The maximum Gasteiger partial charge on any atom is 0.227 e. The van der Waals surface area contributed by atoms with Crippen molar-refractivity contribution < 1.29 is 14.7 Å². The van der Waals surface area contributed by atoms with Crippen molar-refractivity contribution in [3.05, 3.63) is 66.0 Å². The zero-order valence-corrected chi connectivity index (χ0v) is 17.2. The molecule has 0 unspecified atom stereocenters. The zero-order valence-electron chi connectivity index (χ0n) is 17.2. The zero-order chi connectivity index (χ0) is 21.0. The number of aromatic nitrogens is 1. The first-order valence-electron chi connectivity index (χ1n) is 10.7. The Bertz CT molecular complexity index is 864. The third kappa shape index (κ3) is 4.54. The summed E-state index contributed by atoms with van der Waals surface area (Å²) < 4.78 is 0. The molecule has 2 aliphatic heterocycles. The van der Waals surface area contributed by atoms with E-state index in [1.807, 2.05) is 35.2 Å². The van der Waals surface area contributed by atoms with Crippen LogP contribution in [0.2, 0.25) is 0 Å². The van der Waals surface area contributed by atoms with Crippen molar-refractivity contribution in [2.45, 2.75) is 32.2 Å². The number of hydrogen-bond donors (Lipinski definition) is 1. The van der Waals surface area contributed by atoms with Crippen LogP contribution in [0.1, 0.15) is 30.4 Å². The Labute approximate surface area is 177 Å². The minimum absolute atomic E-state index is 0.0379. The smallest absolute Gasteiger partial charge is 0.227 e. The minimum atomic E-state index is -0.268. The largest absolute Gasteiger partial charge is 0.396 e. The van der Waals surface area contributed by atoms with E-state index in [1.54, 1.807) is 17.3 Å². The van der Waals surface area contributed by atoms with Crippen LogP contribution in [0.3, 0.4) is 0 Å². The van der Waals surface area contributed by atoms with Gasteiger partial charge in [0.2, 0.25) is 11.8 Å².